The average molecular weight is 225 g/mol. The molecule has 2 nitrogen and oxygen atoms in total. The second-order valence-electron chi connectivity index (χ2n) is 5.98. The lowest BCUT2D eigenvalue weighted by Gasteiger charge is -2.34. The van der Waals surface area contributed by atoms with Crippen molar-refractivity contribution in [1.29, 1.82) is 0 Å². The molecule has 1 aliphatic rings. The van der Waals surface area contributed by atoms with Crippen molar-refractivity contribution in [1.82, 2.24) is 0 Å². The smallest absolute Gasteiger partial charge is 0.117 e. The van der Waals surface area contributed by atoms with Crippen molar-refractivity contribution in [2.75, 3.05) is 6.61 Å². The Morgan fingerprint density at radius 1 is 1.25 bits per heavy atom. The van der Waals surface area contributed by atoms with Crippen molar-refractivity contribution in [2.24, 2.45) is 16.5 Å². The van der Waals surface area contributed by atoms with Gasteiger partial charge in [-0.15, -0.1) is 0 Å². The maximum Gasteiger partial charge on any atom is 0.117 e. The molecule has 0 aromatic heterocycles. The second-order valence-corrected chi connectivity index (χ2v) is 5.98. The minimum absolute atomic E-state index is 0.453. The van der Waals surface area contributed by atoms with E-state index in [1.54, 1.807) is 0 Å². The van der Waals surface area contributed by atoms with Crippen LogP contribution in [0, 0.1) is 11.3 Å². The standard InChI is InChI=1S/C14H27NO/c1-5-6-11-16-15-13-9-7-12(8-10-13)14(2,3)4/h12H,5-11H2,1-4H3. The number of hydrogen-bond acceptors (Lipinski definition) is 2. The molecule has 1 rings (SSSR count). The number of oxime groups is 1. The number of hydrogen-bond donors (Lipinski definition) is 0. The Labute approximate surface area is 100 Å². The lowest BCUT2D eigenvalue weighted by atomic mass is 9.72. The van der Waals surface area contributed by atoms with E-state index in [9.17, 15) is 0 Å². The molecule has 1 aliphatic carbocycles. The van der Waals surface area contributed by atoms with Crippen LogP contribution in [0.4, 0.5) is 0 Å². The summed E-state index contributed by atoms with van der Waals surface area (Å²) in [7, 11) is 0. The fraction of sp³-hybridized carbons (Fsp3) is 0.929. The molecule has 0 saturated heterocycles. The molecule has 0 aromatic rings. The predicted octanol–water partition coefficient (Wildman–Crippen LogP) is 4.40. The van der Waals surface area contributed by atoms with Gasteiger partial charge in [0.05, 0.1) is 5.71 Å². The van der Waals surface area contributed by atoms with Crippen LogP contribution in [0.2, 0.25) is 0 Å². The van der Waals surface area contributed by atoms with Gasteiger partial charge in [-0.1, -0.05) is 39.3 Å². The monoisotopic (exact) mass is 225 g/mol. The quantitative estimate of drug-likeness (QED) is 0.513. The topological polar surface area (TPSA) is 21.6 Å². The van der Waals surface area contributed by atoms with E-state index >= 15 is 0 Å². The molecule has 2 heteroatoms. The normalized spacial score (nSPS) is 22.0. The highest BCUT2D eigenvalue weighted by Crippen LogP contribution is 2.36. The van der Waals surface area contributed by atoms with E-state index in [0.717, 1.165) is 31.8 Å². The Bertz CT molecular complexity index is 217. The number of rotatable bonds is 4. The molecule has 0 heterocycles. The van der Waals surface area contributed by atoms with Crippen LogP contribution >= 0.6 is 0 Å². The SMILES string of the molecule is CCCCON=C1CCC(C(C)(C)C)CC1. The van der Waals surface area contributed by atoms with Gasteiger partial charge >= 0.3 is 0 Å². The molecule has 0 aromatic carbocycles. The zero-order valence-electron chi connectivity index (χ0n) is 11.4. The van der Waals surface area contributed by atoms with Gasteiger partial charge in [0.25, 0.3) is 0 Å². The summed E-state index contributed by atoms with van der Waals surface area (Å²) in [4.78, 5) is 5.32. The van der Waals surface area contributed by atoms with Crippen LogP contribution in [-0.4, -0.2) is 12.3 Å². The highest BCUT2D eigenvalue weighted by molar-refractivity contribution is 5.84. The van der Waals surface area contributed by atoms with Crippen molar-refractivity contribution < 1.29 is 4.84 Å². The van der Waals surface area contributed by atoms with Crippen molar-refractivity contribution in [3.63, 3.8) is 0 Å². The molecule has 0 spiro atoms. The first-order chi connectivity index (χ1) is 7.54. The Hall–Kier alpha value is -0.530. The zero-order valence-corrected chi connectivity index (χ0v) is 11.4. The van der Waals surface area contributed by atoms with Gasteiger partial charge in [0.15, 0.2) is 0 Å². The molecule has 0 radical (unpaired) electrons. The van der Waals surface area contributed by atoms with E-state index in [1.807, 2.05) is 0 Å². The number of nitrogens with zero attached hydrogens (tertiary/aromatic N) is 1. The lowest BCUT2D eigenvalue weighted by Crippen LogP contribution is -2.26. The first kappa shape index (κ1) is 13.5. The third-order valence-electron chi connectivity index (χ3n) is 3.57. The van der Waals surface area contributed by atoms with Crippen LogP contribution in [0.25, 0.3) is 0 Å². The maximum absolute atomic E-state index is 5.32. The highest BCUT2D eigenvalue weighted by atomic mass is 16.6. The summed E-state index contributed by atoms with van der Waals surface area (Å²) in [6, 6.07) is 0. The number of unbranched alkanes of at least 4 members (excludes halogenated alkanes) is 1. The Morgan fingerprint density at radius 2 is 1.88 bits per heavy atom. The van der Waals surface area contributed by atoms with Gasteiger partial charge in [0, 0.05) is 0 Å². The van der Waals surface area contributed by atoms with Crippen LogP contribution in [0.15, 0.2) is 5.16 Å². The molecule has 0 bridgehead atoms. The molecular weight excluding hydrogens is 198 g/mol. The van der Waals surface area contributed by atoms with Gasteiger partial charge in [-0.25, -0.2) is 0 Å². The van der Waals surface area contributed by atoms with Gasteiger partial charge < -0.3 is 4.84 Å². The molecule has 0 unspecified atom stereocenters. The zero-order chi connectivity index (χ0) is 12.0. The van der Waals surface area contributed by atoms with Crippen molar-refractivity contribution in [3.8, 4) is 0 Å². The van der Waals surface area contributed by atoms with E-state index < -0.39 is 0 Å². The summed E-state index contributed by atoms with van der Waals surface area (Å²) >= 11 is 0. The minimum Gasteiger partial charge on any atom is -0.396 e. The van der Waals surface area contributed by atoms with Crippen molar-refractivity contribution >= 4 is 5.71 Å². The third kappa shape index (κ3) is 4.54. The van der Waals surface area contributed by atoms with Gasteiger partial charge in [0.1, 0.15) is 6.61 Å². The van der Waals surface area contributed by atoms with E-state index in [0.29, 0.717) is 5.41 Å². The van der Waals surface area contributed by atoms with Gasteiger partial charge in [-0.2, -0.15) is 0 Å². The highest BCUT2D eigenvalue weighted by Gasteiger charge is 2.28. The van der Waals surface area contributed by atoms with Gasteiger partial charge in [-0.3, -0.25) is 0 Å². The molecule has 0 aliphatic heterocycles. The molecule has 0 N–H and O–H groups in total. The Balaban J connectivity index is 2.26. The van der Waals surface area contributed by atoms with Crippen LogP contribution in [-0.2, 0) is 4.84 Å². The summed E-state index contributed by atoms with van der Waals surface area (Å²) in [5, 5.41) is 4.25. The minimum atomic E-state index is 0.453. The predicted molar refractivity (Wildman–Crippen MR) is 69.7 cm³/mol. The Kier molecular flexibility index (Phi) is 5.30. The summed E-state index contributed by atoms with van der Waals surface area (Å²) in [6.07, 6.45) is 7.11. The third-order valence-corrected chi connectivity index (χ3v) is 3.57. The van der Waals surface area contributed by atoms with E-state index in [1.165, 1.54) is 25.0 Å². The van der Waals surface area contributed by atoms with Crippen LogP contribution in [0.5, 0.6) is 0 Å². The summed E-state index contributed by atoms with van der Waals surface area (Å²) in [6.45, 7) is 9.99. The van der Waals surface area contributed by atoms with E-state index in [4.69, 9.17) is 4.84 Å². The van der Waals surface area contributed by atoms with Crippen molar-refractivity contribution in [3.05, 3.63) is 0 Å². The van der Waals surface area contributed by atoms with Crippen LogP contribution < -0.4 is 0 Å². The second kappa shape index (κ2) is 6.27. The first-order valence-electron chi connectivity index (χ1n) is 6.71. The molecule has 94 valence electrons. The van der Waals surface area contributed by atoms with E-state index in [-0.39, 0.29) is 0 Å². The molecule has 1 saturated carbocycles. The molecule has 0 amide bonds. The molecule has 16 heavy (non-hydrogen) atoms. The lowest BCUT2D eigenvalue weighted by molar-refractivity contribution is 0.136. The average Bonchev–Trinajstić information content (AvgIpc) is 2.24. The fourth-order valence-electron chi connectivity index (χ4n) is 2.25. The largest absolute Gasteiger partial charge is 0.396 e. The fourth-order valence-corrected chi connectivity index (χ4v) is 2.25. The summed E-state index contributed by atoms with van der Waals surface area (Å²) in [5.74, 6) is 0.849. The van der Waals surface area contributed by atoms with Gasteiger partial charge in [0.2, 0.25) is 0 Å². The summed E-state index contributed by atoms with van der Waals surface area (Å²) < 4.78 is 0. The first-order valence-corrected chi connectivity index (χ1v) is 6.71. The van der Waals surface area contributed by atoms with Crippen molar-refractivity contribution in [2.45, 2.75) is 66.2 Å². The molecule has 0 atom stereocenters. The van der Waals surface area contributed by atoms with E-state index in [2.05, 4.69) is 32.9 Å². The maximum atomic E-state index is 5.32. The van der Waals surface area contributed by atoms with Crippen LogP contribution in [0.3, 0.4) is 0 Å². The Morgan fingerprint density at radius 3 is 2.38 bits per heavy atom. The van der Waals surface area contributed by atoms with Gasteiger partial charge in [-0.05, 0) is 43.4 Å². The van der Waals surface area contributed by atoms with Crippen LogP contribution in [0.1, 0.15) is 66.2 Å². The molecular formula is C14H27NO. The molecule has 1 fully saturated rings. The summed E-state index contributed by atoms with van der Waals surface area (Å²) in [5.41, 5.74) is 1.73.